The lowest BCUT2D eigenvalue weighted by Crippen LogP contribution is -2.58. The van der Waals surface area contributed by atoms with Gasteiger partial charge in [0.15, 0.2) is 0 Å². The molecule has 3 rings (SSSR count). The predicted molar refractivity (Wildman–Crippen MR) is 75.6 cm³/mol. The van der Waals surface area contributed by atoms with Gasteiger partial charge in [-0.15, -0.1) is 0 Å². The van der Waals surface area contributed by atoms with Crippen LogP contribution in [0.5, 0.6) is 0 Å². The van der Waals surface area contributed by atoms with Gasteiger partial charge in [0.2, 0.25) is 5.91 Å². The van der Waals surface area contributed by atoms with Crippen molar-refractivity contribution >= 4 is 5.91 Å². The molecule has 2 atom stereocenters. The molecule has 1 heterocycles. The molecule has 0 radical (unpaired) electrons. The molecule has 19 heavy (non-hydrogen) atoms. The number of fused-ring (bicyclic) bond motifs is 1. The maximum atomic E-state index is 12.5. The highest BCUT2D eigenvalue weighted by Crippen LogP contribution is 2.58. The van der Waals surface area contributed by atoms with Gasteiger partial charge in [-0.3, -0.25) is 9.69 Å². The number of rotatable bonds is 3. The van der Waals surface area contributed by atoms with Crippen molar-refractivity contribution in [1.29, 1.82) is 0 Å². The predicted octanol–water partition coefficient (Wildman–Crippen LogP) is 0.914. The van der Waals surface area contributed by atoms with E-state index in [-0.39, 0.29) is 5.54 Å². The molecule has 0 aromatic carbocycles. The Labute approximate surface area is 116 Å². The van der Waals surface area contributed by atoms with Crippen LogP contribution in [0.2, 0.25) is 0 Å². The molecule has 0 aromatic heterocycles. The van der Waals surface area contributed by atoms with Gasteiger partial charge in [0.05, 0.1) is 0 Å². The van der Waals surface area contributed by atoms with Crippen LogP contribution in [0.15, 0.2) is 0 Å². The molecule has 1 aliphatic heterocycles. The zero-order chi connectivity index (χ0) is 13.6. The van der Waals surface area contributed by atoms with Crippen LogP contribution >= 0.6 is 0 Å². The summed E-state index contributed by atoms with van der Waals surface area (Å²) in [5, 5.41) is 0. The Morgan fingerprint density at radius 1 is 1.16 bits per heavy atom. The number of piperazine rings is 1. The van der Waals surface area contributed by atoms with Crippen LogP contribution in [0, 0.1) is 17.8 Å². The first-order valence-corrected chi connectivity index (χ1v) is 7.78. The van der Waals surface area contributed by atoms with Gasteiger partial charge in [-0.1, -0.05) is 6.42 Å². The largest absolute Gasteiger partial charge is 0.340 e. The van der Waals surface area contributed by atoms with Crippen molar-refractivity contribution in [1.82, 2.24) is 9.80 Å². The molecule has 4 nitrogen and oxygen atoms in total. The maximum Gasteiger partial charge on any atom is 0.226 e. The maximum absolute atomic E-state index is 12.5. The Kier molecular flexibility index (Phi) is 3.34. The van der Waals surface area contributed by atoms with Crippen molar-refractivity contribution in [2.24, 2.45) is 23.5 Å². The second-order valence-corrected chi connectivity index (χ2v) is 7.11. The van der Waals surface area contributed by atoms with Gasteiger partial charge >= 0.3 is 0 Å². The highest BCUT2D eigenvalue weighted by Gasteiger charge is 2.57. The first-order valence-electron chi connectivity index (χ1n) is 7.78. The van der Waals surface area contributed by atoms with Crippen LogP contribution in [0.1, 0.15) is 33.1 Å². The van der Waals surface area contributed by atoms with Gasteiger partial charge in [-0.2, -0.15) is 0 Å². The Balaban J connectivity index is 1.52. The fourth-order valence-corrected chi connectivity index (χ4v) is 4.06. The first-order chi connectivity index (χ1) is 9.04. The monoisotopic (exact) mass is 265 g/mol. The van der Waals surface area contributed by atoms with Crippen molar-refractivity contribution < 1.29 is 4.79 Å². The average Bonchev–Trinajstić information content (AvgIpc) is 2.90. The lowest BCUT2D eigenvalue weighted by molar-refractivity contribution is -0.136. The summed E-state index contributed by atoms with van der Waals surface area (Å²) in [6, 6.07) is 0. The van der Waals surface area contributed by atoms with Gasteiger partial charge in [0, 0.05) is 44.2 Å². The summed E-state index contributed by atoms with van der Waals surface area (Å²) in [4.78, 5) is 17.0. The molecule has 1 amide bonds. The van der Waals surface area contributed by atoms with E-state index in [1.54, 1.807) is 0 Å². The highest BCUT2D eigenvalue weighted by molar-refractivity contribution is 5.82. The van der Waals surface area contributed by atoms with Gasteiger partial charge in [-0.25, -0.2) is 0 Å². The van der Waals surface area contributed by atoms with Crippen LogP contribution in [0.3, 0.4) is 0 Å². The number of hydrogen-bond acceptors (Lipinski definition) is 3. The van der Waals surface area contributed by atoms with Gasteiger partial charge < -0.3 is 10.6 Å². The second kappa shape index (κ2) is 4.74. The van der Waals surface area contributed by atoms with Gasteiger partial charge in [-0.05, 0) is 38.5 Å². The summed E-state index contributed by atoms with van der Waals surface area (Å²) >= 11 is 0. The molecule has 2 aliphatic carbocycles. The molecule has 0 aromatic rings. The molecule has 1 saturated heterocycles. The standard InChI is InChI=1S/C15H27N3O/c1-15(2,10-16)18-8-6-17(7-9-18)14(19)13-11-4-3-5-12(11)13/h11-13H,3-10,16H2,1-2H3. The Morgan fingerprint density at radius 2 is 1.74 bits per heavy atom. The van der Waals surface area contributed by atoms with E-state index < -0.39 is 0 Å². The van der Waals surface area contributed by atoms with Crippen LogP contribution in [-0.4, -0.2) is 54.0 Å². The molecular formula is C15H27N3O. The van der Waals surface area contributed by atoms with Crippen molar-refractivity contribution in [2.45, 2.75) is 38.6 Å². The molecular weight excluding hydrogens is 238 g/mol. The number of carbonyl (C=O) groups is 1. The van der Waals surface area contributed by atoms with E-state index in [2.05, 4.69) is 23.6 Å². The third-order valence-corrected chi connectivity index (χ3v) is 5.64. The molecule has 2 unspecified atom stereocenters. The van der Waals surface area contributed by atoms with Crippen LogP contribution in [-0.2, 0) is 4.79 Å². The minimum absolute atomic E-state index is 0.0607. The molecule has 2 saturated carbocycles. The third kappa shape index (κ3) is 2.29. The van der Waals surface area contributed by atoms with E-state index in [9.17, 15) is 4.79 Å². The summed E-state index contributed by atoms with van der Waals surface area (Å²) in [6.45, 7) is 8.77. The van der Waals surface area contributed by atoms with E-state index in [1.807, 2.05) is 0 Å². The first kappa shape index (κ1) is 13.4. The van der Waals surface area contributed by atoms with E-state index in [0.717, 1.165) is 38.0 Å². The second-order valence-electron chi connectivity index (χ2n) is 7.11. The van der Waals surface area contributed by atoms with Crippen molar-refractivity contribution in [2.75, 3.05) is 32.7 Å². The lowest BCUT2D eigenvalue weighted by atomic mass is 10.0. The molecule has 108 valence electrons. The Morgan fingerprint density at radius 3 is 2.26 bits per heavy atom. The van der Waals surface area contributed by atoms with Crippen LogP contribution in [0.25, 0.3) is 0 Å². The average molecular weight is 265 g/mol. The van der Waals surface area contributed by atoms with Gasteiger partial charge in [0.1, 0.15) is 0 Å². The van der Waals surface area contributed by atoms with Crippen LogP contribution in [0.4, 0.5) is 0 Å². The molecule has 0 spiro atoms. The Hall–Kier alpha value is -0.610. The highest BCUT2D eigenvalue weighted by atomic mass is 16.2. The normalized spacial score (nSPS) is 35.3. The van der Waals surface area contributed by atoms with E-state index in [1.165, 1.54) is 19.3 Å². The molecule has 3 aliphatic rings. The fourth-order valence-electron chi connectivity index (χ4n) is 4.06. The van der Waals surface area contributed by atoms with Crippen molar-refractivity contribution in [3.63, 3.8) is 0 Å². The van der Waals surface area contributed by atoms with Crippen LogP contribution < -0.4 is 5.73 Å². The summed E-state index contributed by atoms with van der Waals surface area (Å²) in [6.07, 6.45) is 3.93. The van der Waals surface area contributed by atoms with E-state index in [0.29, 0.717) is 18.4 Å². The lowest BCUT2D eigenvalue weighted by Gasteiger charge is -2.43. The quantitative estimate of drug-likeness (QED) is 0.825. The van der Waals surface area contributed by atoms with E-state index >= 15 is 0 Å². The molecule has 0 bridgehead atoms. The fraction of sp³-hybridized carbons (Fsp3) is 0.933. The molecule has 2 N–H and O–H groups in total. The number of nitrogens with two attached hydrogens (primary N) is 1. The summed E-state index contributed by atoms with van der Waals surface area (Å²) < 4.78 is 0. The number of carbonyl (C=O) groups excluding carboxylic acids is 1. The summed E-state index contributed by atoms with van der Waals surface area (Å²) in [7, 11) is 0. The molecule has 4 heteroatoms. The number of nitrogens with zero attached hydrogens (tertiary/aromatic N) is 2. The van der Waals surface area contributed by atoms with E-state index in [4.69, 9.17) is 5.73 Å². The zero-order valence-corrected chi connectivity index (χ0v) is 12.3. The van der Waals surface area contributed by atoms with Crippen molar-refractivity contribution in [3.05, 3.63) is 0 Å². The summed E-state index contributed by atoms with van der Waals surface area (Å²) in [5.41, 5.74) is 5.89. The molecule has 3 fully saturated rings. The number of amides is 1. The smallest absolute Gasteiger partial charge is 0.226 e. The minimum atomic E-state index is 0.0607. The SMILES string of the molecule is CC(C)(CN)N1CCN(C(=O)C2C3CCCC32)CC1. The summed E-state index contributed by atoms with van der Waals surface area (Å²) in [5.74, 6) is 2.32. The minimum Gasteiger partial charge on any atom is -0.340 e. The number of hydrogen-bond donors (Lipinski definition) is 1. The topological polar surface area (TPSA) is 49.6 Å². The third-order valence-electron chi connectivity index (χ3n) is 5.64. The zero-order valence-electron chi connectivity index (χ0n) is 12.3. The Bertz CT molecular complexity index is 350. The van der Waals surface area contributed by atoms with Crippen molar-refractivity contribution in [3.8, 4) is 0 Å². The van der Waals surface area contributed by atoms with Gasteiger partial charge in [0.25, 0.3) is 0 Å².